The number of allylic oxidation sites excluding steroid dienone is 1. The molecule has 1 fully saturated rings. The average molecular weight is 184 g/mol. The van der Waals surface area contributed by atoms with Crippen LogP contribution in [0.25, 0.3) is 0 Å². The Morgan fingerprint density at radius 1 is 1.69 bits per heavy atom. The molecule has 3 nitrogen and oxygen atoms in total. The number of rotatable bonds is 3. The van der Waals surface area contributed by atoms with Crippen molar-refractivity contribution < 1.29 is 4.74 Å². The number of hydrogen-bond donors (Lipinski definition) is 1. The average Bonchev–Trinajstić information content (AvgIpc) is 2.18. The van der Waals surface area contributed by atoms with E-state index >= 15 is 0 Å². The molecule has 1 aliphatic heterocycles. The number of nitrogens with two attached hydrogens (primary N) is 1. The van der Waals surface area contributed by atoms with Crippen LogP contribution in [0.5, 0.6) is 0 Å². The standard InChI is InChI=1S/C10H20N2O/c1-3-9(2)7-12-4-5-13-10(6-11)8-12/h3,10H,4-8,11H2,1-2H3/b9-3+. The SMILES string of the molecule is C/C=C(\C)CN1CCOC(CN)C1. The van der Waals surface area contributed by atoms with Gasteiger partial charge in [0.15, 0.2) is 0 Å². The Morgan fingerprint density at radius 3 is 3.08 bits per heavy atom. The van der Waals surface area contributed by atoms with Crippen molar-refractivity contribution >= 4 is 0 Å². The second kappa shape index (κ2) is 5.37. The van der Waals surface area contributed by atoms with E-state index in [0.717, 1.165) is 26.2 Å². The molecule has 1 atom stereocenters. The van der Waals surface area contributed by atoms with E-state index in [0.29, 0.717) is 6.54 Å². The zero-order valence-corrected chi connectivity index (χ0v) is 8.62. The number of hydrogen-bond acceptors (Lipinski definition) is 3. The van der Waals surface area contributed by atoms with E-state index in [4.69, 9.17) is 10.5 Å². The minimum Gasteiger partial charge on any atom is -0.374 e. The molecular formula is C10H20N2O. The van der Waals surface area contributed by atoms with Crippen molar-refractivity contribution in [2.45, 2.75) is 20.0 Å². The summed E-state index contributed by atoms with van der Waals surface area (Å²) in [4.78, 5) is 2.40. The number of ether oxygens (including phenoxy) is 1. The molecule has 0 amide bonds. The van der Waals surface area contributed by atoms with E-state index in [9.17, 15) is 0 Å². The summed E-state index contributed by atoms with van der Waals surface area (Å²) in [6, 6.07) is 0. The molecule has 0 aromatic heterocycles. The molecule has 0 bridgehead atoms. The lowest BCUT2D eigenvalue weighted by Gasteiger charge is -2.32. The normalized spacial score (nSPS) is 26.4. The Bertz CT molecular complexity index is 180. The van der Waals surface area contributed by atoms with Gasteiger partial charge < -0.3 is 10.5 Å². The van der Waals surface area contributed by atoms with Crippen LogP contribution >= 0.6 is 0 Å². The Hall–Kier alpha value is -0.380. The maximum absolute atomic E-state index is 5.56. The van der Waals surface area contributed by atoms with Crippen molar-refractivity contribution in [1.29, 1.82) is 0 Å². The lowest BCUT2D eigenvalue weighted by Crippen LogP contribution is -2.46. The van der Waals surface area contributed by atoms with Gasteiger partial charge >= 0.3 is 0 Å². The van der Waals surface area contributed by atoms with Crippen LogP contribution in [0.3, 0.4) is 0 Å². The van der Waals surface area contributed by atoms with Gasteiger partial charge in [-0.2, -0.15) is 0 Å². The third-order valence-electron chi connectivity index (χ3n) is 2.45. The zero-order chi connectivity index (χ0) is 9.68. The minimum atomic E-state index is 0.235. The second-order valence-corrected chi connectivity index (χ2v) is 3.60. The van der Waals surface area contributed by atoms with Crippen molar-refractivity contribution in [2.75, 3.05) is 32.8 Å². The maximum Gasteiger partial charge on any atom is 0.0824 e. The highest BCUT2D eigenvalue weighted by Gasteiger charge is 2.18. The van der Waals surface area contributed by atoms with Gasteiger partial charge in [-0.05, 0) is 13.8 Å². The third-order valence-corrected chi connectivity index (χ3v) is 2.45. The summed E-state index contributed by atoms with van der Waals surface area (Å²) in [5.41, 5.74) is 6.98. The highest BCUT2D eigenvalue weighted by molar-refractivity contribution is 4.99. The topological polar surface area (TPSA) is 38.5 Å². The fourth-order valence-electron chi connectivity index (χ4n) is 1.51. The van der Waals surface area contributed by atoms with Crippen molar-refractivity contribution in [3.63, 3.8) is 0 Å². The molecule has 0 aromatic rings. The maximum atomic E-state index is 5.56. The van der Waals surface area contributed by atoms with Crippen molar-refractivity contribution in [3.8, 4) is 0 Å². The summed E-state index contributed by atoms with van der Waals surface area (Å²) in [5.74, 6) is 0. The Balaban J connectivity index is 2.34. The van der Waals surface area contributed by atoms with Gasteiger partial charge in [0.05, 0.1) is 12.7 Å². The smallest absolute Gasteiger partial charge is 0.0824 e. The summed E-state index contributed by atoms with van der Waals surface area (Å²) in [6.45, 7) is 8.74. The molecule has 2 N–H and O–H groups in total. The highest BCUT2D eigenvalue weighted by atomic mass is 16.5. The van der Waals surface area contributed by atoms with E-state index in [1.54, 1.807) is 0 Å². The fraction of sp³-hybridized carbons (Fsp3) is 0.800. The quantitative estimate of drug-likeness (QED) is 0.653. The molecule has 1 unspecified atom stereocenters. The first-order valence-corrected chi connectivity index (χ1v) is 4.92. The molecule has 13 heavy (non-hydrogen) atoms. The molecule has 0 aromatic carbocycles. The molecule has 0 radical (unpaired) electrons. The van der Waals surface area contributed by atoms with Crippen molar-refractivity contribution in [1.82, 2.24) is 4.90 Å². The molecule has 1 aliphatic rings. The third kappa shape index (κ3) is 3.46. The van der Waals surface area contributed by atoms with E-state index in [-0.39, 0.29) is 6.10 Å². The summed E-state index contributed by atoms with van der Waals surface area (Å²) in [5, 5.41) is 0. The first-order valence-electron chi connectivity index (χ1n) is 4.92. The molecule has 3 heteroatoms. The van der Waals surface area contributed by atoms with Crippen LogP contribution in [0.2, 0.25) is 0 Å². The Labute approximate surface area is 80.5 Å². The van der Waals surface area contributed by atoms with Gasteiger partial charge in [-0.15, -0.1) is 0 Å². The van der Waals surface area contributed by atoms with Crippen LogP contribution in [-0.2, 0) is 4.74 Å². The zero-order valence-electron chi connectivity index (χ0n) is 8.62. The first kappa shape index (κ1) is 10.7. The molecule has 1 heterocycles. The molecule has 0 spiro atoms. The first-order chi connectivity index (χ1) is 6.26. The predicted octanol–water partition coefficient (Wildman–Crippen LogP) is 0.612. The van der Waals surface area contributed by atoms with Crippen LogP contribution in [0.4, 0.5) is 0 Å². The monoisotopic (exact) mass is 184 g/mol. The van der Waals surface area contributed by atoms with E-state index in [1.807, 2.05) is 0 Å². The minimum absolute atomic E-state index is 0.235. The molecule has 0 aliphatic carbocycles. The van der Waals surface area contributed by atoms with Gasteiger partial charge in [-0.3, -0.25) is 4.90 Å². The molecular weight excluding hydrogens is 164 g/mol. The van der Waals surface area contributed by atoms with Gasteiger partial charge in [-0.1, -0.05) is 11.6 Å². The van der Waals surface area contributed by atoms with E-state index in [2.05, 4.69) is 24.8 Å². The van der Waals surface area contributed by atoms with Gasteiger partial charge in [0.1, 0.15) is 0 Å². The summed E-state index contributed by atoms with van der Waals surface area (Å²) in [6.07, 6.45) is 2.39. The molecule has 1 rings (SSSR count). The predicted molar refractivity (Wildman–Crippen MR) is 54.7 cm³/mol. The lowest BCUT2D eigenvalue weighted by molar-refractivity contribution is -0.0198. The van der Waals surface area contributed by atoms with Crippen molar-refractivity contribution in [3.05, 3.63) is 11.6 Å². The van der Waals surface area contributed by atoms with E-state index < -0.39 is 0 Å². The van der Waals surface area contributed by atoms with Gasteiger partial charge in [0.25, 0.3) is 0 Å². The van der Waals surface area contributed by atoms with Gasteiger partial charge in [-0.25, -0.2) is 0 Å². The fourth-order valence-corrected chi connectivity index (χ4v) is 1.51. The van der Waals surface area contributed by atoms with Crippen LogP contribution in [0.1, 0.15) is 13.8 Å². The van der Waals surface area contributed by atoms with Crippen LogP contribution in [-0.4, -0.2) is 43.8 Å². The number of morpholine rings is 1. The van der Waals surface area contributed by atoms with Gasteiger partial charge in [0.2, 0.25) is 0 Å². The van der Waals surface area contributed by atoms with Crippen LogP contribution < -0.4 is 5.73 Å². The Kier molecular flexibility index (Phi) is 4.42. The largest absolute Gasteiger partial charge is 0.374 e. The molecule has 0 saturated carbocycles. The Morgan fingerprint density at radius 2 is 2.46 bits per heavy atom. The van der Waals surface area contributed by atoms with Crippen molar-refractivity contribution in [2.24, 2.45) is 5.73 Å². The van der Waals surface area contributed by atoms with E-state index in [1.165, 1.54) is 5.57 Å². The summed E-state index contributed by atoms with van der Waals surface area (Å²) < 4.78 is 5.49. The highest BCUT2D eigenvalue weighted by Crippen LogP contribution is 2.06. The van der Waals surface area contributed by atoms with Crippen LogP contribution in [0.15, 0.2) is 11.6 Å². The molecule has 1 saturated heterocycles. The summed E-state index contributed by atoms with van der Waals surface area (Å²) in [7, 11) is 0. The second-order valence-electron chi connectivity index (χ2n) is 3.60. The van der Waals surface area contributed by atoms with Gasteiger partial charge in [0, 0.05) is 26.2 Å². The van der Waals surface area contributed by atoms with Crippen LogP contribution in [0, 0.1) is 0 Å². The molecule has 76 valence electrons. The lowest BCUT2D eigenvalue weighted by atomic mass is 10.2. The number of nitrogens with zero attached hydrogens (tertiary/aromatic N) is 1. The summed E-state index contributed by atoms with van der Waals surface area (Å²) >= 11 is 0.